The van der Waals surface area contributed by atoms with Gasteiger partial charge in [0.2, 0.25) is 0 Å². The molecule has 1 aliphatic heterocycles. The smallest absolute Gasteiger partial charge is 0.138 e. The van der Waals surface area contributed by atoms with Crippen molar-refractivity contribution in [2.45, 2.75) is 46.5 Å². The van der Waals surface area contributed by atoms with E-state index in [1.165, 1.54) is 5.56 Å². The minimum Gasteiger partial charge on any atom is -0.370 e. The van der Waals surface area contributed by atoms with E-state index in [0.717, 1.165) is 56.6 Å². The van der Waals surface area contributed by atoms with Crippen molar-refractivity contribution in [2.24, 2.45) is 0 Å². The van der Waals surface area contributed by atoms with E-state index < -0.39 is 0 Å². The third-order valence-electron chi connectivity index (χ3n) is 3.75. The van der Waals surface area contributed by atoms with Gasteiger partial charge >= 0.3 is 0 Å². The van der Waals surface area contributed by atoms with Crippen molar-refractivity contribution in [2.75, 3.05) is 42.9 Å². The molecule has 0 radical (unpaired) electrons. The first-order valence-corrected chi connectivity index (χ1v) is 8.02. The van der Waals surface area contributed by atoms with E-state index in [4.69, 9.17) is 9.97 Å². The average molecular weight is 291 g/mol. The van der Waals surface area contributed by atoms with Gasteiger partial charge in [0, 0.05) is 43.7 Å². The fourth-order valence-electron chi connectivity index (χ4n) is 2.44. The van der Waals surface area contributed by atoms with Crippen LogP contribution >= 0.6 is 0 Å². The summed E-state index contributed by atoms with van der Waals surface area (Å²) >= 11 is 0. The van der Waals surface area contributed by atoms with Crippen LogP contribution in [0.15, 0.2) is 0 Å². The van der Waals surface area contributed by atoms with E-state index in [1.54, 1.807) is 0 Å². The number of nitrogens with one attached hydrogen (secondary N) is 2. The maximum Gasteiger partial charge on any atom is 0.138 e. The van der Waals surface area contributed by atoms with E-state index in [2.05, 4.69) is 50.2 Å². The zero-order valence-corrected chi connectivity index (χ0v) is 14.1. The van der Waals surface area contributed by atoms with Crippen LogP contribution in [-0.2, 0) is 5.41 Å². The van der Waals surface area contributed by atoms with Crippen molar-refractivity contribution < 1.29 is 0 Å². The molecule has 1 aromatic heterocycles. The van der Waals surface area contributed by atoms with Crippen LogP contribution in [0, 0.1) is 6.92 Å². The summed E-state index contributed by atoms with van der Waals surface area (Å²) in [6.45, 7) is 15.8. The van der Waals surface area contributed by atoms with Crippen molar-refractivity contribution in [3.8, 4) is 0 Å². The van der Waals surface area contributed by atoms with Gasteiger partial charge in [-0.05, 0) is 13.3 Å². The van der Waals surface area contributed by atoms with Crippen molar-refractivity contribution in [3.05, 3.63) is 11.4 Å². The predicted octanol–water partition coefficient (Wildman–Crippen LogP) is 2.31. The lowest BCUT2D eigenvalue weighted by atomic mass is 9.95. The average Bonchev–Trinajstić information content (AvgIpc) is 2.46. The molecular formula is C16H29N5. The lowest BCUT2D eigenvalue weighted by molar-refractivity contribution is 0.537. The van der Waals surface area contributed by atoms with E-state index in [1.807, 2.05) is 0 Å². The second kappa shape index (κ2) is 6.60. The Morgan fingerprint density at radius 2 is 1.86 bits per heavy atom. The zero-order valence-electron chi connectivity index (χ0n) is 14.1. The largest absolute Gasteiger partial charge is 0.370 e. The number of hydrogen-bond donors (Lipinski definition) is 2. The molecular weight excluding hydrogens is 262 g/mol. The highest BCUT2D eigenvalue weighted by atomic mass is 15.2. The molecule has 0 aromatic carbocycles. The van der Waals surface area contributed by atoms with Gasteiger partial charge < -0.3 is 15.5 Å². The number of anilines is 2. The van der Waals surface area contributed by atoms with E-state index in [0.29, 0.717) is 0 Å². The van der Waals surface area contributed by atoms with Crippen LogP contribution < -0.4 is 15.5 Å². The number of aromatic nitrogens is 2. The molecule has 0 spiro atoms. The molecule has 2 rings (SSSR count). The lowest BCUT2D eigenvalue weighted by Gasteiger charge is -2.31. The topological polar surface area (TPSA) is 53.1 Å². The molecule has 2 N–H and O–H groups in total. The maximum atomic E-state index is 4.88. The number of piperazine rings is 1. The van der Waals surface area contributed by atoms with Crippen LogP contribution in [0.1, 0.15) is 45.5 Å². The molecule has 0 amide bonds. The molecule has 0 unspecified atom stereocenters. The molecule has 0 atom stereocenters. The first-order chi connectivity index (χ1) is 9.93. The monoisotopic (exact) mass is 291 g/mol. The molecule has 1 saturated heterocycles. The summed E-state index contributed by atoms with van der Waals surface area (Å²) in [7, 11) is 0. The molecule has 0 bridgehead atoms. The van der Waals surface area contributed by atoms with Gasteiger partial charge in [-0.3, -0.25) is 0 Å². The summed E-state index contributed by atoms with van der Waals surface area (Å²) in [6.07, 6.45) is 1.09. The van der Waals surface area contributed by atoms with Crippen LogP contribution in [0.4, 0.5) is 11.6 Å². The predicted molar refractivity (Wildman–Crippen MR) is 89.3 cm³/mol. The SMILES string of the molecule is CCCNc1nc(C(C)(C)C)nc(N2CCNCC2)c1C. The number of rotatable bonds is 4. The Morgan fingerprint density at radius 3 is 2.43 bits per heavy atom. The highest BCUT2D eigenvalue weighted by molar-refractivity contribution is 5.59. The lowest BCUT2D eigenvalue weighted by Crippen LogP contribution is -2.44. The maximum absolute atomic E-state index is 4.88. The standard InChI is InChI=1S/C16H29N5/c1-6-7-18-13-12(2)14(21-10-8-17-9-11-21)20-15(19-13)16(3,4)5/h17H,6-11H2,1-5H3,(H,18,19,20). The van der Waals surface area contributed by atoms with Gasteiger partial charge in [0.05, 0.1) is 0 Å². The second-order valence-corrected chi connectivity index (χ2v) is 6.76. The van der Waals surface area contributed by atoms with Gasteiger partial charge in [-0.15, -0.1) is 0 Å². The normalized spacial score (nSPS) is 16.1. The first kappa shape index (κ1) is 16.0. The van der Waals surface area contributed by atoms with Crippen molar-refractivity contribution in [1.29, 1.82) is 0 Å². The minimum absolute atomic E-state index is 0.0425. The van der Waals surface area contributed by atoms with E-state index in [-0.39, 0.29) is 5.41 Å². The molecule has 118 valence electrons. The Balaban J connectivity index is 2.41. The number of hydrogen-bond acceptors (Lipinski definition) is 5. The molecule has 1 fully saturated rings. The highest BCUT2D eigenvalue weighted by Gasteiger charge is 2.24. The summed E-state index contributed by atoms with van der Waals surface area (Å²) < 4.78 is 0. The Hall–Kier alpha value is -1.36. The molecule has 2 heterocycles. The van der Waals surface area contributed by atoms with E-state index in [9.17, 15) is 0 Å². The first-order valence-electron chi connectivity index (χ1n) is 8.02. The Morgan fingerprint density at radius 1 is 1.19 bits per heavy atom. The Bertz CT molecular complexity index is 472. The van der Waals surface area contributed by atoms with Gasteiger partial charge in [-0.1, -0.05) is 27.7 Å². The number of nitrogens with zero attached hydrogens (tertiary/aromatic N) is 3. The molecule has 1 aliphatic rings. The van der Waals surface area contributed by atoms with Crippen molar-refractivity contribution in [3.63, 3.8) is 0 Å². The summed E-state index contributed by atoms with van der Waals surface area (Å²) in [5.41, 5.74) is 1.12. The van der Waals surface area contributed by atoms with Crippen LogP contribution in [0.25, 0.3) is 0 Å². The van der Waals surface area contributed by atoms with Gasteiger partial charge in [0.15, 0.2) is 0 Å². The van der Waals surface area contributed by atoms with Gasteiger partial charge in [0.25, 0.3) is 0 Å². The molecule has 0 saturated carbocycles. The van der Waals surface area contributed by atoms with Gasteiger partial charge in [0.1, 0.15) is 17.5 Å². The van der Waals surface area contributed by atoms with E-state index >= 15 is 0 Å². The van der Waals surface area contributed by atoms with Crippen molar-refractivity contribution >= 4 is 11.6 Å². The van der Waals surface area contributed by atoms with Gasteiger partial charge in [-0.2, -0.15) is 0 Å². The van der Waals surface area contributed by atoms with Crippen LogP contribution in [0.3, 0.4) is 0 Å². The fourth-order valence-corrected chi connectivity index (χ4v) is 2.44. The van der Waals surface area contributed by atoms with Crippen LogP contribution in [0.2, 0.25) is 0 Å². The summed E-state index contributed by atoms with van der Waals surface area (Å²) in [5.74, 6) is 3.00. The summed E-state index contributed by atoms with van der Waals surface area (Å²) in [6, 6.07) is 0. The molecule has 21 heavy (non-hydrogen) atoms. The molecule has 0 aliphatic carbocycles. The highest BCUT2D eigenvalue weighted by Crippen LogP contribution is 2.28. The van der Waals surface area contributed by atoms with Crippen molar-refractivity contribution in [1.82, 2.24) is 15.3 Å². The minimum atomic E-state index is -0.0425. The molecule has 1 aromatic rings. The molecule has 5 nitrogen and oxygen atoms in total. The third-order valence-corrected chi connectivity index (χ3v) is 3.75. The van der Waals surface area contributed by atoms with Crippen LogP contribution in [0.5, 0.6) is 0 Å². The third kappa shape index (κ3) is 3.84. The second-order valence-electron chi connectivity index (χ2n) is 6.76. The fraction of sp³-hybridized carbons (Fsp3) is 0.750. The Labute approximate surface area is 128 Å². The molecule has 5 heteroatoms. The summed E-state index contributed by atoms with van der Waals surface area (Å²) in [4.78, 5) is 12.0. The zero-order chi connectivity index (χ0) is 15.5. The quantitative estimate of drug-likeness (QED) is 0.891. The van der Waals surface area contributed by atoms with Gasteiger partial charge in [-0.25, -0.2) is 9.97 Å². The summed E-state index contributed by atoms with van der Waals surface area (Å²) in [5, 5.41) is 6.86. The Kier molecular flexibility index (Phi) is 5.04. The van der Waals surface area contributed by atoms with Crippen LogP contribution in [-0.4, -0.2) is 42.7 Å².